The smallest absolute Gasteiger partial charge is 0.0739 e. The van der Waals surface area contributed by atoms with Gasteiger partial charge in [-0.2, -0.15) is 0 Å². The number of nitrogens with one attached hydrogen (secondary N) is 1. The molecular formula is C23H27ClN2. The number of rotatable bonds is 0. The quantitative estimate of drug-likeness (QED) is 0.682. The van der Waals surface area contributed by atoms with Crippen molar-refractivity contribution < 1.29 is 0 Å². The number of pyridine rings is 1. The Bertz CT molecular complexity index is 866. The molecule has 0 radical (unpaired) electrons. The lowest BCUT2D eigenvalue weighted by atomic mass is 9.85. The first-order valence-corrected chi connectivity index (χ1v) is 10.0. The summed E-state index contributed by atoms with van der Waals surface area (Å²) < 4.78 is 0. The zero-order chi connectivity index (χ0) is 18.3. The van der Waals surface area contributed by atoms with E-state index >= 15 is 0 Å². The molecule has 1 saturated heterocycles. The molecule has 1 N–H and O–H groups in total. The van der Waals surface area contributed by atoms with Gasteiger partial charge in [-0.1, -0.05) is 50.1 Å². The Kier molecular flexibility index (Phi) is 4.66. The Hall–Kier alpha value is -1.64. The molecule has 2 aromatic rings. The summed E-state index contributed by atoms with van der Waals surface area (Å²) in [6.45, 7) is 8.88. The lowest BCUT2D eigenvalue weighted by molar-refractivity contribution is 0.586. The van der Waals surface area contributed by atoms with Crippen LogP contribution in [-0.2, 0) is 18.3 Å². The van der Waals surface area contributed by atoms with Crippen LogP contribution in [0.15, 0.2) is 36.0 Å². The highest BCUT2D eigenvalue weighted by Gasteiger charge is 2.25. The van der Waals surface area contributed by atoms with Gasteiger partial charge in [0.15, 0.2) is 0 Å². The molecule has 0 saturated carbocycles. The van der Waals surface area contributed by atoms with E-state index in [1.165, 1.54) is 39.1 Å². The van der Waals surface area contributed by atoms with Gasteiger partial charge in [0.05, 0.1) is 5.69 Å². The summed E-state index contributed by atoms with van der Waals surface area (Å²) in [5, 5.41) is 4.31. The number of hydrogen-bond donors (Lipinski definition) is 1. The molecule has 1 aromatic heterocycles. The molecule has 0 spiro atoms. The van der Waals surface area contributed by atoms with Crippen molar-refractivity contribution in [1.29, 1.82) is 0 Å². The molecule has 1 aliphatic carbocycles. The minimum absolute atomic E-state index is 0.118. The van der Waals surface area contributed by atoms with Crippen molar-refractivity contribution in [3.63, 3.8) is 0 Å². The van der Waals surface area contributed by atoms with Crippen LogP contribution in [-0.4, -0.2) is 18.1 Å². The van der Waals surface area contributed by atoms with E-state index in [1.54, 1.807) is 0 Å². The molecule has 1 aliphatic heterocycles. The fraction of sp³-hybridized carbons (Fsp3) is 0.435. The van der Waals surface area contributed by atoms with Crippen LogP contribution in [0.2, 0.25) is 5.02 Å². The Balaban J connectivity index is 1.94. The van der Waals surface area contributed by atoms with E-state index in [-0.39, 0.29) is 5.41 Å². The van der Waals surface area contributed by atoms with E-state index in [9.17, 15) is 0 Å². The largest absolute Gasteiger partial charge is 0.316 e. The van der Waals surface area contributed by atoms with Gasteiger partial charge in [0.25, 0.3) is 0 Å². The normalized spacial score (nSPS) is 17.5. The van der Waals surface area contributed by atoms with Crippen molar-refractivity contribution in [3.05, 3.63) is 69.0 Å². The summed E-state index contributed by atoms with van der Waals surface area (Å²) in [4.78, 5) is 5.01. The average molecular weight is 367 g/mol. The lowest BCUT2D eigenvalue weighted by Gasteiger charge is -2.23. The third kappa shape index (κ3) is 3.33. The lowest BCUT2D eigenvalue weighted by Crippen LogP contribution is -2.24. The summed E-state index contributed by atoms with van der Waals surface area (Å²) in [6, 6.07) is 8.76. The molecule has 26 heavy (non-hydrogen) atoms. The summed E-state index contributed by atoms with van der Waals surface area (Å²) >= 11 is 6.32. The van der Waals surface area contributed by atoms with E-state index in [1.807, 2.05) is 6.07 Å². The van der Waals surface area contributed by atoms with Gasteiger partial charge in [-0.3, -0.25) is 4.98 Å². The van der Waals surface area contributed by atoms with Crippen molar-refractivity contribution in [2.75, 3.05) is 13.1 Å². The number of nitrogens with zero attached hydrogens (tertiary/aromatic N) is 1. The van der Waals surface area contributed by atoms with Gasteiger partial charge < -0.3 is 5.32 Å². The Labute approximate surface area is 161 Å². The van der Waals surface area contributed by atoms with Crippen molar-refractivity contribution in [2.45, 2.75) is 51.9 Å². The highest BCUT2D eigenvalue weighted by Crippen LogP contribution is 2.39. The van der Waals surface area contributed by atoms with Crippen LogP contribution >= 0.6 is 11.6 Å². The van der Waals surface area contributed by atoms with Crippen LogP contribution in [0.1, 0.15) is 61.6 Å². The summed E-state index contributed by atoms with van der Waals surface area (Å²) in [7, 11) is 0. The first kappa shape index (κ1) is 17.8. The van der Waals surface area contributed by atoms with Gasteiger partial charge in [0, 0.05) is 16.8 Å². The zero-order valence-electron chi connectivity index (χ0n) is 16.0. The second-order valence-corrected chi connectivity index (χ2v) is 8.95. The highest BCUT2D eigenvalue weighted by atomic mass is 35.5. The summed E-state index contributed by atoms with van der Waals surface area (Å²) in [5.41, 5.74) is 9.59. The zero-order valence-corrected chi connectivity index (χ0v) is 16.7. The van der Waals surface area contributed by atoms with E-state index in [2.05, 4.69) is 50.5 Å². The molecule has 0 amide bonds. The van der Waals surface area contributed by atoms with Crippen LogP contribution in [0, 0.1) is 0 Å². The van der Waals surface area contributed by atoms with Crippen molar-refractivity contribution in [2.24, 2.45) is 0 Å². The molecule has 4 rings (SSSR count). The fourth-order valence-electron chi connectivity index (χ4n) is 4.08. The molecule has 1 fully saturated rings. The second kappa shape index (κ2) is 6.83. The standard InChI is InChI=1S/C23H27ClN2/c1-23(2,3)18-12-17-5-4-16-13-19(24)6-7-20(16)21(22(17)26-14-18)15-8-10-25-11-9-15/h6-7,12-14,25H,4-5,8-11H2,1-3H3. The second-order valence-electron chi connectivity index (χ2n) is 8.51. The van der Waals surface area contributed by atoms with Gasteiger partial charge >= 0.3 is 0 Å². The first-order valence-electron chi connectivity index (χ1n) is 9.65. The predicted octanol–water partition coefficient (Wildman–Crippen LogP) is 5.32. The van der Waals surface area contributed by atoms with Crippen molar-refractivity contribution in [3.8, 4) is 0 Å². The van der Waals surface area contributed by atoms with Gasteiger partial charge in [0.2, 0.25) is 0 Å². The van der Waals surface area contributed by atoms with E-state index in [4.69, 9.17) is 16.6 Å². The van der Waals surface area contributed by atoms with Crippen LogP contribution in [0.25, 0.3) is 5.57 Å². The third-order valence-corrected chi connectivity index (χ3v) is 5.87. The van der Waals surface area contributed by atoms with Crippen molar-refractivity contribution >= 4 is 17.2 Å². The molecule has 2 nitrogen and oxygen atoms in total. The van der Waals surface area contributed by atoms with Gasteiger partial charge in [-0.25, -0.2) is 0 Å². The predicted molar refractivity (Wildman–Crippen MR) is 110 cm³/mol. The maximum absolute atomic E-state index is 6.32. The molecule has 1 aromatic carbocycles. The number of piperidine rings is 1. The first-order chi connectivity index (χ1) is 12.4. The van der Waals surface area contributed by atoms with Crippen LogP contribution in [0.3, 0.4) is 0 Å². The molecule has 2 aliphatic rings. The van der Waals surface area contributed by atoms with Gasteiger partial charge in [-0.05, 0) is 78.6 Å². The van der Waals surface area contributed by atoms with Crippen LogP contribution in [0.4, 0.5) is 0 Å². The molecular weight excluding hydrogens is 340 g/mol. The van der Waals surface area contributed by atoms with Crippen molar-refractivity contribution in [1.82, 2.24) is 10.3 Å². The summed E-state index contributed by atoms with van der Waals surface area (Å²) in [5.74, 6) is 0. The number of aromatic nitrogens is 1. The van der Waals surface area contributed by atoms with Gasteiger partial charge in [-0.15, -0.1) is 0 Å². The average Bonchev–Trinajstić information content (AvgIpc) is 2.77. The topological polar surface area (TPSA) is 24.9 Å². The minimum Gasteiger partial charge on any atom is -0.316 e. The Morgan fingerprint density at radius 3 is 2.42 bits per heavy atom. The molecule has 0 bridgehead atoms. The summed E-state index contributed by atoms with van der Waals surface area (Å²) in [6.07, 6.45) is 6.32. The highest BCUT2D eigenvalue weighted by molar-refractivity contribution is 6.30. The van der Waals surface area contributed by atoms with Crippen LogP contribution in [0.5, 0.6) is 0 Å². The van der Waals surface area contributed by atoms with Gasteiger partial charge in [0.1, 0.15) is 0 Å². The maximum Gasteiger partial charge on any atom is 0.0739 e. The van der Waals surface area contributed by atoms with E-state index in [0.717, 1.165) is 43.8 Å². The molecule has 0 atom stereocenters. The van der Waals surface area contributed by atoms with Crippen LogP contribution < -0.4 is 5.32 Å². The molecule has 2 heterocycles. The number of benzene rings is 1. The molecule has 3 heteroatoms. The number of fused-ring (bicyclic) bond motifs is 2. The number of aryl methyl sites for hydroxylation is 2. The molecule has 136 valence electrons. The minimum atomic E-state index is 0.118. The van der Waals surface area contributed by atoms with E-state index in [0.29, 0.717) is 0 Å². The molecule has 0 unspecified atom stereocenters. The number of hydrogen-bond acceptors (Lipinski definition) is 2. The number of halogens is 1. The maximum atomic E-state index is 6.32. The SMILES string of the molecule is CC(C)(C)c1cnc2c(c1)CCc1cc(Cl)ccc1C2=C1CCNCC1. The third-order valence-electron chi connectivity index (χ3n) is 5.63. The fourth-order valence-corrected chi connectivity index (χ4v) is 4.28. The monoisotopic (exact) mass is 366 g/mol. The Morgan fingerprint density at radius 1 is 0.962 bits per heavy atom. The Morgan fingerprint density at radius 2 is 1.69 bits per heavy atom. The van der Waals surface area contributed by atoms with E-state index < -0.39 is 0 Å².